The van der Waals surface area contributed by atoms with E-state index in [1.165, 1.54) is 0 Å². The molecule has 0 aromatic carbocycles. The van der Waals surface area contributed by atoms with Crippen molar-refractivity contribution in [2.45, 2.75) is 39.2 Å². The zero-order valence-corrected chi connectivity index (χ0v) is 12.4. The zero-order chi connectivity index (χ0) is 12.3. The maximum absolute atomic E-state index is 10.5. The average Bonchev–Trinajstić information content (AvgIpc) is 2.01. The third kappa shape index (κ3) is 4.77. The molecule has 0 saturated carbocycles. The van der Waals surface area contributed by atoms with Crippen LogP contribution in [0.2, 0.25) is 32.7 Å². The first-order valence-corrected chi connectivity index (χ1v) is 12.5. The molecule has 0 radical (unpaired) electrons. The molecular formula is C10H22O3Si2. The lowest BCUT2D eigenvalue weighted by Crippen LogP contribution is -2.54. The van der Waals surface area contributed by atoms with Crippen LogP contribution in [-0.2, 0) is 9.22 Å². The van der Waals surface area contributed by atoms with Gasteiger partial charge in [-0.1, -0.05) is 26.2 Å². The Labute approximate surface area is 94.1 Å². The number of rotatable bonds is 6. The van der Waals surface area contributed by atoms with Crippen LogP contribution in [0.25, 0.3) is 0 Å². The van der Waals surface area contributed by atoms with E-state index >= 15 is 0 Å². The zero-order valence-electron chi connectivity index (χ0n) is 10.4. The van der Waals surface area contributed by atoms with Crippen LogP contribution in [0.4, 0.5) is 0 Å². The van der Waals surface area contributed by atoms with Crippen LogP contribution in [-0.4, -0.2) is 33.1 Å². The topological polar surface area (TPSA) is 46.5 Å². The summed E-state index contributed by atoms with van der Waals surface area (Å²) < 4.78 is 5.89. The summed E-state index contributed by atoms with van der Waals surface area (Å²) >= 11 is 0. The van der Waals surface area contributed by atoms with E-state index in [0.29, 0.717) is 13.0 Å². The van der Waals surface area contributed by atoms with Crippen molar-refractivity contribution >= 4 is 21.4 Å². The normalized spacial score (nSPS) is 12.6. The van der Waals surface area contributed by atoms with E-state index in [9.17, 15) is 4.79 Å². The van der Waals surface area contributed by atoms with E-state index in [1.807, 2.05) is 0 Å². The summed E-state index contributed by atoms with van der Waals surface area (Å²) in [7, 11) is -2.85. The number of hydrogen-bond donors (Lipinski definition) is 1. The predicted octanol–water partition coefficient (Wildman–Crippen LogP) is 2.66. The van der Waals surface area contributed by atoms with Crippen LogP contribution in [0.3, 0.4) is 0 Å². The van der Waals surface area contributed by atoms with Crippen LogP contribution in [0, 0.1) is 0 Å². The van der Waals surface area contributed by atoms with E-state index in [-0.39, 0.29) is 5.57 Å². The lowest BCUT2D eigenvalue weighted by molar-refractivity contribution is -0.132. The molecule has 0 heterocycles. The molecule has 0 aliphatic carbocycles. The second-order valence-corrected chi connectivity index (χ2v) is 21.2. The van der Waals surface area contributed by atoms with Gasteiger partial charge in [-0.25, -0.2) is 4.79 Å². The van der Waals surface area contributed by atoms with Gasteiger partial charge in [-0.15, -0.1) is 0 Å². The molecule has 3 nitrogen and oxygen atoms in total. The molecule has 0 spiro atoms. The van der Waals surface area contributed by atoms with Gasteiger partial charge < -0.3 is 9.53 Å². The summed E-state index contributed by atoms with van der Waals surface area (Å²) in [5, 5.41) is 8.64. The summed E-state index contributed by atoms with van der Waals surface area (Å²) in [5.74, 6) is -0.925. The molecule has 0 aromatic rings. The SMILES string of the molecule is C=C(CCO[Si](C)(C)[Si](C)(C)C)C(=O)O. The van der Waals surface area contributed by atoms with Gasteiger partial charge in [0.25, 0.3) is 0 Å². The highest BCUT2D eigenvalue weighted by Gasteiger charge is 2.38. The highest BCUT2D eigenvalue weighted by molar-refractivity contribution is 7.37. The van der Waals surface area contributed by atoms with Crippen molar-refractivity contribution in [1.29, 1.82) is 0 Å². The van der Waals surface area contributed by atoms with E-state index in [0.717, 1.165) is 0 Å². The van der Waals surface area contributed by atoms with Crippen molar-refractivity contribution < 1.29 is 14.3 Å². The van der Waals surface area contributed by atoms with Crippen molar-refractivity contribution in [3.8, 4) is 0 Å². The van der Waals surface area contributed by atoms with Gasteiger partial charge in [0.1, 0.15) is 0 Å². The Morgan fingerprint density at radius 2 is 1.73 bits per heavy atom. The third-order valence-corrected chi connectivity index (χ3v) is 18.8. The molecule has 88 valence electrons. The Balaban J connectivity index is 4.07. The Kier molecular flexibility index (Phi) is 4.96. The van der Waals surface area contributed by atoms with Crippen molar-refractivity contribution in [2.75, 3.05) is 6.61 Å². The quantitative estimate of drug-likeness (QED) is 0.579. The van der Waals surface area contributed by atoms with Gasteiger partial charge in [-0.2, -0.15) is 0 Å². The minimum absolute atomic E-state index is 0.232. The van der Waals surface area contributed by atoms with Crippen molar-refractivity contribution in [3.05, 3.63) is 12.2 Å². The molecule has 0 rings (SSSR count). The van der Waals surface area contributed by atoms with Crippen LogP contribution in [0.5, 0.6) is 0 Å². The van der Waals surface area contributed by atoms with Crippen molar-refractivity contribution in [3.63, 3.8) is 0 Å². The molecule has 1 N–H and O–H groups in total. The molecular weight excluding hydrogens is 224 g/mol. The molecule has 0 saturated heterocycles. The standard InChI is InChI=1S/C10H22O3Si2/c1-9(10(11)12)7-8-13-15(5,6)14(2,3)4/h1,7-8H2,2-6H3,(H,11,12). The fraction of sp³-hybridized carbons (Fsp3) is 0.700. The molecule has 5 heteroatoms. The second kappa shape index (κ2) is 5.09. The van der Waals surface area contributed by atoms with Gasteiger partial charge in [0.05, 0.1) is 7.59 Å². The van der Waals surface area contributed by atoms with Crippen LogP contribution in [0.15, 0.2) is 12.2 Å². The average molecular weight is 246 g/mol. The maximum atomic E-state index is 10.5. The molecule has 0 atom stereocenters. The first-order valence-electron chi connectivity index (χ1n) is 5.13. The second-order valence-electron chi connectivity index (χ2n) is 5.27. The number of carboxylic acids is 1. The van der Waals surface area contributed by atoms with Crippen LogP contribution in [0.1, 0.15) is 6.42 Å². The molecule has 15 heavy (non-hydrogen) atoms. The van der Waals surface area contributed by atoms with E-state index in [1.54, 1.807) is 0 Å². The largest absolute Gasteiger partial charge is 0.478 e. The Morgan fingerprint density at radius 1 is 1.27 bits per heavy atom. The number of hydrogen-bond acceptors (Lipinski definition) is 2. The number of carbonyl (C=O) groups is 1. The van der Waals surface area contributed by atoms with Crippen molar-refractivity contribution in [1.82, 2.24) is 0 Å². The molecule has 0 bridgehead atoms. The fourth-order valence-electron chi connectivity index (χ4n) is 0.753. The van der Waals surface area contributed by atoms with Gasteiger partial charge in [-0.05, 0) is 13.1 Å². The molecule has 0 aromatic heterocycles. The monoisotopic (exact) mass is 246 g/mol. The smallest absolute Gasteiger partial charge is 0.331 e. The number of aliphatic carboxylic acids is 1. The first kappa shape index (κ1) is 14.6. The van der Waals surface area contributed by atoms with Crippen LogP contribution >= 0.6 is 0 Å². The predicted molar refractivity (Wildman–Crippen MR) is 68.2 cm³/mol. The lowest BCUT2D eigenvalue weighted by Gasteiger charge is -2.34. The van der Waals surface area contributed by atoms with E-state index in [2.05, 4.69) is 39.3 Å². The molecule has 0 unspecified atom stereocenters. The third-order valence-electron chi connectivity index (χ3n) is 2.98. The fourth-order valence-corrected chi connectivity index (χ4v) is 3.40. The highest BCUT2D eigenvalue weighted by Crippen LogP contribution is 2.20. The molecule has 0 amide bonds. The summed E-state index contributed by atoms with van der Waals surface area (Å²) in [6.45, 7) is 15.3. The summed E-state index contributed by atoms with van der Waals surface area (Å²) in [6, 6.07) is 0. The van der Waals surface area contributed by atoms with Crippen LogP contribution < -0.4 is 0 Å². The minimum atomic E-state index is -1.60. The van der Waals surface area contributed by atoms with Gasteiger partial charge in [0.2, 0.25) is 0 Å². The van der Waals surface area contributed by atoms with Gasteiger partial charge in [0, 0.05) is 18.6 Å². The first-order chi connectivity index (χ1) is 6.58. The summed E-state index contributed by atoms with van der Waals surface area (Å²) in [4.78, 5) is 10.5. The Hall–Kier alpha value is -0.396. The minimum Gasteiger partial charge on any atom is -0.478 e. The Bertz CT molecular complexity index is 254. The van der Waals surface area contributed by atoms with E-state index in [4.69, 9.17) is 9.53 Å². The van der Waals surface area contributed by atoms with Gasteiger partial charge in [0.15, 0.2) is 7.83 Å². The van der Waals surface area contributed by atoms with Gasteiger partial charge >= 0.3 is 5.97 Å². The van der Waals surface area contributed by atoms with Crippen molar-refractivity contribution in [2.24, 2.45) is 0 Å². The number of carboxylic acid groups (broad SMARTS) is 1. The molecule has 0 aliphatic heterocycles. The summed E-state index contributed by atoms with van der Waals surface area (Å²) in [5.41, 5.74) is 0.232. The lowest BCUT2D eigenvalue weighted by atomic mass is 10.2. The van der Waals surface area contributed by atoms with E-state index < -0.39 is 21.4 Å². The summed E-state index contributed by atoms with van der Waals surface area (Å²) in [6.07, 6.45) is 0.427. The molecule has 0 fully saturated rings. The maximum Gasteiger partial charge on any atom is 0.331 e. The van der Waals surface area contributed by atoms with Gasteiger partial charge in [-0.3, -0.25) is 0 Å². The highest BCUT2D eigenvalue weighted by atomic mass is 29.3. The molecule has 0 aliphatic rings. The Morgan fingerprint density at radius 3 is 2.07 bits per heavy atom.